The van der Waals surface area contributed by atoms with Gasteiger partial charge >= 0.3 is 0 Å². The van der Waals surface area contributed by atoms with Crippen molar-refractivity contribution < 1.29 is 4.79 Å². The van der Waals surface area contributed by atoms with Crippen molar-refractivity contribution in [3.05, 3.63) is 18.2 Å². The first kappa shape index (κ1) is 11.7. The Kier molecular flexibility index (Phi) is 4.83. The third-order valence-electron chi connectivity index (χ3n) is 2.02. The van der Waals surface area contributed by atoms with Crippen LogP contribution in [0, 0.1) is 0 Å². The number of rotatable bonds is 6. The van der Waals surface area contributed by atoms with E-state index < -0.39 is 0 Å². The molecule has 0 saturated heterocycles. The molecule has 0 spiro atoms. The van der Waals surface area contributed by atoms with Gasteiger partial charge in [0.15, 0.2) is 0 Å². The lowest BCUT2D eigenvalue weighted by Gasteiger charge is -2.00. The van der Waals surface area contributed by atoms with Crippen LogP contribution in [0.5, 0.6) is 0 Å². The number of nitrogens with zero attached hydrogens (tertiary/aromatic N) is 2. The van der Waals surface area contributed by atoms with Gasteiger partial charge in [-0.15, -0.1) is 0 Å². The highest BCUT2D eigenvalue weighted by Gasteiger charge is 2.01. The maximum atomic E-state index is 11.1. The zero-order valence-corrected chi connectivity index (χ0v) is 9.29. The van der Waals surface area contributed by atoms with Gasteiger partial charge in [-0.1, -0.05) is 6.92 Å². The molecule has 0 radical (unpaired) electrons. The van der Waals surface area contributed by atoms with E-state index in [0.717, 1.165) is 25.2 Å². The van der Waals surface area contributed by atoms with Crippen molar-refractivity contribution in [1.29, 1.82) is 0 Å². The van der Waals surface area contributed by atoms with Crippen LogP contribution >= 0.6 is 0 Å². The minimum Gasteiger partial charge on any atom is -0.358 e. The summed E-state index contributed by atoms with van der Waals surface area (Å²) in [5, 5.41) is 5.83. The number of nitrogens with one attached hydrogen (secondary N) is 2. The summed E-state index contributed by atoms with van der Waals surface area (Å²) >= 11 is 0. The zero-order chi connectivity index (χ0) is 11.1. The number of carbonyl (C=O) groups is 1. The van der Waals surface area contributed by atoms with E-state index in [1.165, 1.54) is 0 Å². The largest absolute Gasteiger partial charge is 0.358 e. The summed E-state index contributed by atoms with van der Waals surface area (Å²) in [7, 11) is 1.63. The first-order chi connectivity index (χ1) is 7.26. The molecule has 0 bridgehead atoms. The molecule has 0 aliphatic carbocycles. The van der Waals surface area contributed by atoms with Crippen molar-refractivity contribution in [3.63, 3.8) is 0 Å². The first-order valence-corrected chi connectivity index (χ1v) is 5.18. The van der Waals surface area contributed by atoms with Crippen molar-refractivity contribution in [3.8, 4) is 0 Å². The van der Waals surface area contributed by atoms with Gasteiger partial charge in [0.2, 0.25) is 5.91 Å². The van der Waals surface area contributed by atoms with Crippen LogP contribution in [0.15, 0.2) is 12.5 Å². The van der Waals surface area contributed by atoms with Crippen molar-refractivity contribution in [2.75, 3.05) is 13.6 Å². The molecule has 1 rings (SSSR count). The molecule has 15 heavy (non-hydrogen) atoms. The van der Waals surface area contributed by atoms with Crippen LogP contribution in [-0.2, 0) is 17.9 Å². The van der Waals surface area contributed by atoms with E-state index in [9.17, 15) is 4.79 Å². The SMILES string of the molecule is CCCNCc1cn(CC(=O)NC)cn1. The molecular weight excluding hydrogens is 192 g/mol. The van der Waals surface area contributed by atoms with Crippen LogP contribution in [0.25, 0.3) is 0 Å². The van der Waals surface area contributed by atoms with Crippen molar-refractivity contribution in [2.45, 2.75) is 26.4 Å². The molecule has 0 unspecified atom stereocenters. The smallest absolute Gasteiger partial charge is 0.239 e. The second-order valence-corrected chi connectivity index (χ2v) is 3.39. The number of likely N-dealkylation sites (N-methyl/N-ethyl adjacent to an activating group) is 1. The number of imidazole rings is 1. The van der Waals surface area contributed by atoms with Gasteiger partial charge in [-0.05, 0) is 13.0 Å². The molecule has 0 aliphatic heterocycles. The molecule has 0 aliphatic rings. The Hall–Kier alpha value is -1.36. The minimum absolute atomic E-state index is 0.0135. The maximum absolute atomic E-state index is 11.1. The summed E-state index contributed by atoms with van der Waals surface area (Å²) < 4.78 is 1.78. The quantitative estimate of drug-likeness (QED) is 0.656. The topological polar surface area (TPSA) is 59.0 Å². The molecule has 5 nitrogen and oxygen atoms in total. The molecule has 0 aromatic carbocycles. The van der Waals surface area contributed by atoms with Crippen LogP contribution in [0.2, 0.25) is 0 Å². The number of carbonyl (C=O) groups excluding carboxylic acids is 1. The van der Waals surface area contributed by atoms with E-state index in [4.69, 9.17) is 0 Å². The summed E-state index contributed by atoms with van der Waals surface area (Å²) in [6.07, 6.45) is 4.68. The average molecular weight is 210 g/mol. The van der Waals surface area contributed by atoms with E-state index in [0.29, 0.717) is 6.54 Å². The summed E-state index contributed by atoms with van der Waals surface area (Å²) in [5.74, 6) is -0.0135. The molecule has 84 valence electrons. The van der Waals surface area contributed by atoms with Crippen molar-refractivity contribution in [2.24, 2.45) is 0 Å². The molecule has 1 aromatic heterocycles. The number of amides is 1. The lowest BCUT2D eigenvalue weighted by molar-refractivity contribution is -0.121. The molecule has 1 aromatic rings. The third kappa shape index (κ3) is 4.12. The predicted octanol–water partition coefficient (Wildman–Crippen LogP) is 0.129. The monoisotopic (exact) mass is 210 g/mol. The van der Waals surface area contributed by atoms with Gasteiger partial charge in [0.05, 0.1) is 12.0 Å². The molecular formula is C10H18N4O. The van der Waals surface area contributed by atoms with Crippen LogP contribution in [0.4, 0.5) is 0 Å². The summed E-state index contributed by atoms with van der Waals surface area (Å²) in [5.41, 5.74) is 0.965. The lowest BCUT2D eigenvalue weighted by atomic mass is 10.4. The normalized spacial score (nSPS) is 10.3. The Bertz CT molecular complexity index is 308. The summed E-state index contributed by atoms with van der Waals surface area (Å²) in [6.45, 7) is 4.20. The number of hydrogen-bond donors (Lipinski definition) is 2. The number of aromatic nitrogens is 2. The fourth-order valence-corrected chi connectivity index (χ4v) is 1.22. The molecule has 1 heterocycles. The Labute approximate surface area is 89.9 Å². The highest BCUT2D eigenvalue weighted by Crippen LogP contribution is 1.95. The molecule has 0 fully saturated rings. The lowest BCUT2D eigenvalue weighted by Crippen LogP contribution is -2.22. The second-order valence-electron chi connectivity index (χ2n) is 3.39. The zero-order valence-electron chi connectivity index (χ0n) is 9.29. The standard InChI is InChI=1S/C10H18N4O/c1-3-4-12-5-9-6-14(8-13-9)7-10(15)11-2/h6,8,12H,3-5,7H2,1-2H3,(H,11,15). The third-order valence-corrected chi connectivity index (χ3v) is 2.02. The van der Waals surface area contributed by atoms with E-state index in [1.54, 1.807) is 17.9 Å². The van der Waals surface area contributed by atoms with Gasteiger partial charge in [0.1, 0.15) is 6.54 Å². The Morgan fingerprint density at radius 3 is 3.07 bits per heavy atom. The van der Waals surface area contributed by atoms with Crippen LogP contribution < -0.4 is 10.6 Å². The molecule has 1 amide bonds. The van der Waals surface area contributed by atoms with Gasteiger partial charge in [0, 0.05) is 19.8 Å². The fraction of sp³-hybridized carbons (Fsp3) is 0.600. The Morgan fingerprint density at radius 2 is 2.40 bits per heavy atom. The molecule has 2 N–H and O–H groups in total. The Morgan fingerprint density at radius 1 is 1.60 bits per heavy atom. The predicted molar refractivity (Wildman–Crippen MR) is 58.3 cm³/mol. The minimum atomic E-state index is -0.0135. The van der Waals surface area contributed by atoms with Crippen LogP contribution in [0.3, 0.4) is 0 Å². The maximum Gasteiger partial charge on any atom is 0.239 e. The summed E-state index contributed by atoms with van der Waals surface area (Å²) in [6, 6.07) is 0. The van der Waals surface area contributed by atoms with Gasteiger partial charge < -0.3 is 15.2 Å². The van der Waals surface area contributed by atoms with E-state index >= 15 is 0 Å². The van der Waals surface area contributed by atoms with Crippen molar-refractivity contribution in [1.82, 2.24) is 20.2 Å². The molecule has 5 heteroatoms. The van der Waals surface area contributed by atoms with Crippen LogP contribution in [0.1, 0.15) is 19.0 Å². The van der Waals surface area contributed by atoms with Gasteiger partial charge in [-0.2, -0.15) is 0 Å². The first-order valence-electron chi connectivity index (χ1n) is 5.18. The summed E-state index contributed by atoms with van der Waals surface area (Å²) in [4.78, 5) is 15.3. The van der Waals surface area contributed by atoms with E-state index in [2.05, 4.69) is 22.5 Å². The second kappa shape index (κ2) is 6.19. The van der Waals surface area contributed by atoms with Gasteiger partial charge in [0.25, 0.3) is 0 Å². The number of hydrogen-bond acceptors (Lipinski definition) is 3. The highest BCUT2D eigenvalue weighted by molar-refractivity contribution is 5.75. The fourth-order valence-electron chi connectivity index (χ4n) is 1.22. The molecule has 0 saturated carbocycles. The average Bonchev–Trinajstić information content (AvgIpc) is 2.66. The Balaban J connectivity index is 2.38. The van der Waals surface area contributed by atoms with Crippen molar-refractivity contribution >= 4 is 5.91 Å². The van der Waals surface area contributed by atoms with Crippen LogP contribution in [-0.4, -0.2) is 29.1 Å². The van der Waals surface area contributed by atoms with E-state index in [1.807, 2.05) is 6.20 Å². The van der Waals surface area contributed by atoms with Gasteiger partial charge in [-0.3, -0.25) is 4.79 Å². The molecule has 0 atom stereocenters. The highest BCUT2D eigenvalue weighted by atomic mass is 16.1. The van der Waals surface area contributed by atoms with E-state index in [-0.39, 0.29) is 5.91 Å². The van der Waals surface area contributed by atoms with Gasteiger partial charge in [-0.25, -0.2) is 4.98 Å².